The first-order valence-electron chi connectivity index (χ1n) is 6.90. The number of aliphatic hydroxyl groups excluding tert-OH is 1. The van der Waals surface area contributed by atoms with Crippen LogP contribution >= 0.6 is 0 Å². The van der Waals surface area contributed by atoms with E-state index in [0.29, 0.717) is 12.3 Å². The molecule has 2 aromatic rings. The van der Waals surface area contributed by atoms with Gasteiger partial charge < -0.3 is 24.3 Å². The lowest BCUT2D eigenvalue weighted by Crippen LogP contribution is -2.32. The highest BCUT2D eigenvalue weighted by Gasteiger charge is 2.11. The summed E-state index contributed by atoms with van der Waals surface area (Å²) >= 11 is 0. The van der Waals surface area contributed by atoms with Gasteiger partial charge in [-0.2, -0.15) is 0 Å². The minimum atomic E-state index is -0.603. The second-order valence-electron chi connectivity index (χ2n) is 4.79. The molecular formula is C16H21NO4. The van der Waals surface area contributed by atoms with E-state index in [4.69, 9.17) is 13.9 Å². The Balaban J connectivity index is 1.73. The van der Waals surface area contributed by atoms with Gasteiger partial charge in [-0.3, -0.25) is 0 Å². The molecule has 0 spiro atoms. The van der Waals surface area contributed by atoms with Crippen molar-refractivity contribution in [3.05, 3.63) is 48.4 Å². The predicted molar refractivity (Wildman–Crippen MR) is 79.6 cm³/mol. The molecule has 2 rings (SSSR count). The number of ether oxygens (including phenoxy) is 2. The van der Waals surface area contributed by atoms with Gasteiger partial charge >= 0.3 is 0 Å². The largest absolute Gasteiger partial charge is 0.497 e. The summed E-state index contributed by atoms with van der Waals surface area (Å²) in [5.74, 6) is 2.25. The molecular weight excluding hydrogens is 270 g/mol. The van der Waals surface area contributed by atoms with Crippen molar-refractivity contribution >= 4 is 0 Å². The molecule has 0 saturated heterocycles. The van der Waals surface area contributed by atoms with Crippen LogP contribution in [0.15, 0.2) is 47.1 Å². The summed E-state index contributed by atoms with van der Waals surface area (Å²) in [5.41, 5.74) is 0. The lowest BCUT2D eigenvalue weighted by atomic mass is 10.2. The van der Waals surface area contributed by atoms with E-state index in [1.165, 1.54) is 0 Å². The topological polar surface area (TPSA) is 63.9 Å². The molecule has 2 atom stereocenters. The van der Waals surface area contributed by atoms with Gasteiger partial charge in [0.25, 0.3) is 0 Å². The second-order valence-corrected chi connectivity index (χ2v) is 4.79. The first kappa shape index (κ1) is 15.4. The van der Waals surface area contributed by atoms with Gasteiger partial charge in [0.1, 0.15) is 30.0 Å². The summed E-state index contributed by atoms with van der Waals surface area (Å²) in [7, 11) is 1.61. The fraction of sp³-hybridized carbons (Fsp3) is 0.375. The normalized spacial score (nSPS) is 13.7. The van der Waals surface area contributed by atoms with Crippen LogP contribution in [-0.2, 0) is 0 Å². The van der Waals surface area contributed by atoms with Crippen molar-refractivity contribution < 1.29 is 19.0 Å². The van der Waals surface area contributed by atoms with Gasteiger partial charge in [0.2, 0.25) is 0 Å². The zero-order valence-corrected chi connectivity index (χ0v) is 12.3. The molecule has 1 aromatic heterocycles. The van der Waals surface area contributed by atoms with Gasteiger partial charge in [-0.1, -0.05) is 6.07 Å². The minimum Gasteiger partial charge on any atom is -0.497 e. The number of hydrogen-bond acceptors (Lipinski definition) is 5. The molecule has 1 heterocycles. The number of nitrogens with one attached hydrogen (secondary N) is 1. The fourth-order valence-corrected chi connectivity index (χ4v) is 1.89. The Kier molecular flexibility index (Phi) is 5.66. The molecule has 0 aliphatic rings. The van der Waals surface area contributed by atoms with E-state index in [1.807, 2.05) is 37.3 Å². The van der Waals surface area contributed by atoms with E-state index in [-0.39, 0.29) is 12.6 Å². The maximum Gasteiger partial charge on any atom is 0.123 e. The van der Waals surface area contributed by atoms with E-state index >= 15 is 0 Å². The van der Waals surface area contributed by atoms with Crippen LogP contribution in [0.3, 0.4) is 0 Å². The lowest BCUT2D eigenvalue weighted by molar-refractivity contribution is 0.103. The van der Waals surface area contributed by atoms with Crippen LogP contribution in [0, 0.1) is 0 Å². The van der Waals surface area contributed by atoms with Crippen molar-refractivity contribution in [2.75, 3.05) is 20.3 Å². The number of benzene rings is 1. The fourth-order valence-electron chi connectivity index (χ4n) is 1.89. The zero-order valence-electron chi connectivity index (χ0n) is 12.3. The number of furan rings is 1. The first-order chi connectivity index (χ1) is 10.2. The van der Waals surface area contributed by atoms with Crippen molar-refractivity contribution in [3.63, 3.8) is 0 Å². The molecule has 21 heavy (non-hydrogen) atoms. The highest BCUT2D eigenvalue weighted by molar-refractivity contribution is 5.32. The monoisotopic (exact) mass is 291 g/mol. The van der Waals surface area contributed by atoms with Crippen LogP contribution in [0.2, 0.25) is 0 Å². The van der Waals surface area contributed by atoms with E-state index in [2.05, 4.69) is 5.32 Å². The molecule has 114 valence electrons. The molecule has 0 bridgehead atoms. The average molecular weight is 291 g/mol. The summed E-state index contributed by atoms with van der Waals surface area (Å²) in [4.78, 5) is 0. The van der Waals surface area contributed by atoms with E-state index in [0.717, 1.165) is 11.5 Å². The Morgan fingerprint density at radius 2 is 2.05 bits per heavy atom. The summed E-state index contributed by atoms with van der Waals surface area (Å²) < 4.78 is 15.9. The number of methoxy groups -OCH3 is 1. The third-order valence-corrected chi connectivity index (χ3v) is 3.11. The van der Waals surface area contributed by atoms with Gasteiger partial charge in [-0.05, 0) is 31.2 Å². The number of rotatable bonds is 8. The highest BCUT2D eigenvalue weighted by Crippen LogP contribution is 2.19. The summed E-state index contributed by atoms with van der Waals surface area (Å²) in [6.45, 7) is 2.62. The Morgan fingerprint density at radius 1 is 1.24 bits per heavy atom. The molecule has 0 saturated carbocycles. The highest BCUT2D eigenvalue weighted by atomic mass is 16.5. The van der Waals surface area contributed by atoms with Crippen LogP contribution in [0.5, 0.6) is 11.5 Å². The lowest BCUT2D eigenvalue weighted by Gasteiger charge is -2.16. The van der Waals surface area contributed by atoms with Gasteiger partial charge in [0.05, 0.1) is 19.4 Å². The van der Waals surface area contributed by atoms with Gasteiger partial charge in [0.15, 0.2) is 0 Å². The predicted octanol–water partition coefficient (Wildman–Crippen LogP) is 2.38. The van der Waals surface area contributed by atoms with Crippen molar-refractivity contribution in [1.29, 1.82) is 0 Å². The van der Waals surface area contributed by atoms with Crippen molar-refractivity contribution in [3.8, 4) is 11.5 Å². The maximum atomic E-state index is 9.93. The van der Waals surface area contributed by atoms with Crippen molar-refractivity contribution in [2.45, 2.75) is 19.1 Å². The Morgan fingerprint density at radius 3 is 2.76 bits per heavy atom. The molecule has 0 amide bonds. The zero-order chi connectivity index (χ0) is 15.1. The quantitative estimate of drug-likeness (QED) is 0.782. The third kappa shape index (κ3) is 4.81. The molecule has 5 heteroatoms. The molecule has 0 radical (unpaired) electrons. The molecule has 1 unspecified atom stereocenters. The smallest absolute Gasteiger partial charge is 0.123 e. The molecule has 5 nitrogen and oxygen atoms in total. The summed E-state index contributed by atoms with van der Waals surface area (Å²) in [5, 5.41) is 13.1. The SMILES string of the molecule is COc1cccc(OCC(O)CN[C@@H](C)c2ccco2)c1. The van der Waals surface area contributed by atoms with Crippen LogP contribution in [-0.4, -0.2) is 31.5 Å². The van der Waals surface area contributed by atoms with E-state index in [1.54, 1.807) is 19.4 Å². The summed E-state index contributed by atoms with van der Waals surface area (Å²) in [6, 6.07) is 11.1. The molecule has 0 aliphatic heterocycles. The van der Waals surface area contributed by atoms with Gasteiger partial charge in [0, 0.05) is 12.6 Å². The molecule has 1 aromatic carbocycles. The van der Waals surface area contributed by atoms with Gasteiger partial charge in [-0.25, -0.2) is 0 Å². The Labute approximate surface area is 124 Å². The van der Waals surface area contributed by atoms with Gasteiger partial charge in [-0.15, -0.1) is 0 Å². The average Bonchev–Trinajstić information content (AvgIpc) is 3.05. The summed E-state index contributed by atoms with van der Waals surface area (Å²) in [6.07, 6.45) is 1.03. The number of hydrogen-bond donors (Lipinski definition) is 2. The Bertz CT molecular complexity index is 527. The maximum absolute atomic E-state index is 9.93. The third-order valence-electron chi connectivity index (χ3n) is 3.11. The molecule has 0 fully saturated rings. The molecule has 2 N–H and O–H groups in total. The molecule has 0 aliphatic carbocycles. The first-order valence-corrected chi connectivity index (χ1v) is 6.90. The van der Waals surface area contributed by atoms with Crippen LogP contribution < -0.4 is 14.8 Å². The minimum absolute atomic E-state index is 0.0477. The van der Waals surface area contributed by atoms with E-state index in [9.17, 15) is 5.11 Å². The van der Waals surface area contributed by atoms with Crippen molar-refractivity contribution in [1.82, 2.24) is 5.32 Å². The van der Waals surface area contributed by atoms with E-state index < -0.39 is 6.10 Å². The van der Waals surface area contributed by atoms with Crippen LogP contribution in [0.4, 0.5) is 0 Å². The standard InChI is InChI=1S/C16H21NO4/c1-12(16-7-4-8-20-16)17-10-13(18)11-21-15-6-3-5-14(9-15)19-2/h3-9,12-13,17-18H,10-11H2,1-2H3/t12-,13?/m0/s1. The van der Waals surface area contributed by atoms with Crippen LogP contribution in [0.25, 0.3) is 0 Å². The van der Waals surface area contributed by atoms with Crippen molar-refractivity contribution in [2.24, 2.45) is 0 Å². The second kappa shape index (κ2) is 7.71. The Hall–Kier alpha value is -1.98. The number of aliphatic hydroxyl groups is 1. The van der Waals surface area contributed by atoms with Crippen LogP contribution in [0.1, 0.15) is 18.7 Å².